The molecule has 0 saturated heterocycles. The standard InChI is InChI=1S/C19H16ClNO3S/c1-24-18-11-10-13(12-17(18)20)14-6-2-3-7-15(14)16-8-4-5-9-19(16)25(21,22)23/h2-12H,1H3,(H2,21,22,23). The number of hydrogen-bond acceptors (Lipinski definition) is 3. The van der Waals surface area contributed by atoms with Gasteiger partial charge in [0.05, 0.1) is 17.0 Å². The summed E-state index contributed by atoms with van der Waals surface area (Å²) in [5.41, 5.74) is 3.01. The van der Waals surface area contributed by atoms with E-state index in [4.69, 9.17) is 21.5 Å². The molecule has 0 atom stereocenters. The van der Waals surface area contributed by atoms with Gasteiger partial charge in [0.15, 0.2) is 0 Å². The molecule has 0 fully saturated rings. The predicted octanol–water partition coefficient (Wildman–Crippen LogP) is 4.33. The number of rotatable bonds is 4. The Bertz CT molecular complexity index is 1030. The van der Waals surface area contributed by atoms with Crippen molar-refractivity contribution in [3.8, 4) is 28.0 Å². The Labute approximate surface area is 151 Å². The number of benzene rings is 3. The Hall–Kier alpha value is -2.34. The van der Waals surface area contributed by atoms with E-state index in [9.17, 15) is 8.42 Å². The molecule has 0 unspecified atom stereocenters. The van der Waals surface area contributed by atoms with Gasteiger partial charge in [-0.1, -0.05) is 60.1 Å². The van der Waals surface area contributed by atoms with Crippen LogP contribution in [0.1, 0.15) is 0 Å². The third-order valence-electron chi connectivity index (χ3n) is 3.87. The van der Waals surface area contributed by atoms with Gasteiger partial charge < -0.3 is 4.74 Å². The van der Waals surface area contributed by atoms with Crippen molar-refractivity contribution in [3.05, 3.63) is 71.8 Å². The van der Waals surface area contributed by atoms with Gasteiger partial charge in [-0.25, -0.2) is 13.6 Å². The first-order chi connectivity index (χ1) is 11.9. The van der Waals surface area contributed by atoms with Crippen molar-refractivity contribution in [2.24, 2.45) is 5.14 Å². The minimum absolute atomic E-state index is 0.0852. The Kier molecular flexibility index (Phi) is 4.81. The summed E-state index contributed by atoms with van der Waals surface area (Å²) < 4.78 is 29.1. The highest BCUT2D eigenvalue weighted by molar-refractivity contribution is 7.89. The van der Waals surface area contributed by atoms with Gasteiger partial charge in [-0.05, 0) is 34.9 Å². The molecule has 0 aliphatic rings. The summed E-state index contributed by atoms with van der Waals surface area (Å²) >= 11 is 6.24. The molecule has 0 aliphatic heterocycles. The fraction of sp³-hybridized carbons (Fsp3) is 0.0526. The smallest absolute Gasteiger partial charge is 0.238 e. The Balaban J connectivity index is 2.24. The Morgan fingerprint density at radius 1 is 0.880 bits per heavy atom. The molecule has 3 rings (SSSR count). The first kappa shape index (κ1) is 17.5. The lowest BCUT2D eigenvalue weighted by Gasteiger charge is -2.14. The second-order valence-corrected chi connectivity index (χ2v) is 7.37. The third kappa shape index (κ3) is 3.54. The first-order valence-corrected chi connectivity index (χ1v) is 9.39. The highest BCUT2D eigenvalue weighted by atomic mass is 35.5. The van der Waals surface area contributed by atoms with Gasteiger partial charge in [-0.2, -0.15) is 0 Å². The van der Waals surface area contributed by atoms with Crippen molar-refractivity contribution < 1.29 is 13.2 Å². The molecule has 0 aliphatic carbocycles. The lowest BCUT2D eigenvalue weighted by Crippen LogP contribution is -2.13. The summed E-state index contributed by atoms with van der Waals surface area (Å²) in [7, 11) is -2.29. The average molecular weight is 374 g/mol. The van der Waals surface area contributed by atoms with Gasteiger partial charge in [0.1, 0.15) is 5.75 Å². The molecule has 2 N–H and O–H groups in total. The highest BCUT2D eigenvalue weighted by Gasteiger charge is 2.17. The maximum Gasteiger partial charge on any atom is 0.238 e. The van der Waals surface area contributed by atoms with Crippen LogP contribution in [0.5, 0.6) is 5.75 Å². The normalized spacial score (nSPS) is 11.3. The monoisotopic (exact) mass is 373 g/mol. The van der Waals surface area contributed by atoms with Gasteiger partial charge in [0.2, 0.25) is 10.0 Å². The van der Waals surface area contributed by atoms with Crippen LogP contribution >= 0.6 is 11.6 Å². The predicted molar refractivity (Wildman–Crippen MR) is 100 cm³/mol. The lowest BCUT2D eigenvalue weighted by atomic mass is 9.94. The van der Waals surface area contributed by atoms with E-state index in [2.05, 4.69) is 0 Å². The number of hydrogen-bond donors (Lipinski definition) is 1. The van der Waals surface area contributed by atoms with Crippen LogP contribution in [-0.2, 0) is 10.0 Å². The van der Waals surface area contributed by atoms with E-state index < -0.39 is 10.0 Å². The molecule has 3 aromatic rings. The zero-order chi connectivity index (χ0) is 18.0. The second-order valence-electron chi connectivity index (χ2n) is 5.44. The van der Waals surface area contributed by atoms with E-state index in [1.807, 2.05) is 30.3 Å². The van der Waals surface area contributed by atoms with Gasteiger partial charge in [0, 0.05) is 5.56 Å². The van der Waals surface area contributed by atoms with Crippen LogP contribution in [0.15, 0.2) is 71.6 Å². The number of methoxy groups -OCH3 is 1. The fourth-order valence-electron chi connectivity index (χ4n) is 2.74. The van der Waals surface area contributed by atoms with Gasteiger partial charge in [0.25, 0.3) is 0 Å². The fourth-order valence-corrected chi connectivity index (χ4v) is 3.75. The van der Waals surface area contributed by atoms with Crippen molar-refractivity contribution in [2.45, 2.75) is 4.90 Å². The quantitative estimate of drug-likeness (QED) is 0.740. The molecule has 128 valence electrons. The lowest BCUT2D eigenvalue weighted by molar-refractivity contribution is 0.415. The number of sulfonamides is 1. The molecule has 6 heteroatoms. The van der Waals surface area contributed by atoms with Gasteiger partial charge in [-0.15, -0.1) is 0 Å². The molecule has 0 bridgehead atoms. The Morgan fingerprint density at radius 2 is 1.48 bits per heavy atom. The van der Waals surface area contributed by atoms with Crippen LogP contribution < -0.4 is 9.88 Å². The Morgan fingerprint density at radius 3 is 2.08 bits per heavy atom. The molecule has 0 radical (unpaired) electrons. The molecule has 4 nitrogen and oxygen atoms in total. The summed E-state index contributed by atoms with van der Waals surface area (Å²) in [6.07, 6.45) is 0. The molecule has 25 heavy (non-hydrogen) atoms. The molecule has 0 spiro atoms. The zero-order valence-corrected chi connectivity index (χ0v) is 15.0. The minimum Gasteiger partial charge on any atom is -0.495 e. The van der Waals surface area contributed by atoms with Crippen LogP contribution in [0, 0.1) is 0 Å². The van der Waals surface area contributed by atoms with Crippen molar-refractivity contribution in [1.82, 2.24) is 0 Å². The van der Waals surface area contributed by atoms with E-state index in [-0.39, 0.29) is 4.90 Å². The van der Waals surface area contributed by atoms with Gasteiger partial charge >= 0.3 is 0 Å². The number of halogens is 1. The molecule has 0 aromatic heterocycles. The molecular weight excluding hydrogens is 358 g/mol. The summed E-state index contributed by atoms with van der Waals surface area (Å²) in [6.45, 7) is 0. The van der Waals surface area contributed by atoms with Crippen molar-refractivity contribution >= 4 is 21.6 Å². The van der Waals surface area contributed by atoms with Crippen molar-refractivity contribution in [3.63, 3.8) is 0 Å². The number of primary sulfonamides is 1. The van der Waals surface area contributed by atoms with Gasteiger partial charge in [-0.3, -0.25) is 0 Å². The average Bonchev–Trinajstić information content (AvgIpc) is 2.61. The van der Waals surface area contributed by atoms with Crippen LogP contribution in [0.3, 0.4) is 0 Å². The second kappa shape index (κ2) is 6.88. The van der Waals surface area contributed by atoms with E-state index in [1.54, 1.807) is 37.4 Å². The molecule has 3 aromatic carbocycles. The third-order valence-corrected chi connectivity index (χ3v) is 5.14. The van der Waals surface area contributed by atoms with Crippen LogP contribution in [0.4, 0.5) is 0 Å². The summed E-state index contributed by atoms with van der Waals surface area (Å²) in [5.74, 6) is 0.577. The van der Waals surface area contributed by atoms with Crippen molar-refractivity contribution in [1.29, 1.82) is 0 Å². The van der Waals surface area contributed by atoms with E-state index >= 15 is 0 Å². The molecule has 0 heterocycles. The largest absolute Gasteiger partial charge is 0.495 e. The number of ether oxygens (including phenoxy) is 1. The first-order valence-electron chi connectivity index (χ1n) is 7.47. The molecule has 0 saturated carbocycles. The SMILES string of the molecule is COc1ccc(-c2ccccc2-c2ccccc2S(N)(=O)=O)cc1Cl. The van der Waals surface area contributed by atoms with Crippen molar-refractivity contribution in [2.75, 3.05) is 7.11 Å². The highest BCUT2D eigenvalue weighted by Crippen LogP contribution is 2.37. The minimum atomic E-state index is -3.85. The molecular formula is C19H16ClNO3S. The maximum absolute atomic E-state index is 12.0. The van der Waals surface area contributed by atoms with E-state index in [1.165, 1.54) is 6.07 Å². The summed E-state index contributed by atoms with van der Waals surface area (Å²) in [4.78, 5) is 0.0852. The zero-order valence-electron chi connectivity index (χ0n) is 13.4. The topological polar surface area (TPSA) is 69.4 Å². The summed E-state index contributed by atoms with van der Waals surface area (Å²) in [5, 5.41) is 5.86. The number of nitrogens with two attached hydrogens (primary N) is 1. The van der Waals surface area contributed by atoms with Crippen LogP contribution in [0.25, 0.3) is 22.3 Å². The summed E-state index contributed by atoms with van der Waals surface area (Å²) in [6, 6.07) is 19.6. The van der Waals surface area contributed by atoms with Crippen LogP contribution in [0.2, 0.25) is 5.02 Å². The van der Waals surface area contributed by atoms with Crippen LogP contribution in [-0.4, -0.2) is 15.5 Å². The van der Waals surface area contributed by atoms with E-state index in [0.717, 1.165) is 16.7 Å². The maximum atomic E-state index is 12.0. The molecule has 0 amide bonds. The van der Waals surface area contributed by atoms with E-state index in [0.29, 0.717) is 16.3 Å².